The number of hydrogen-bond acceptors (Lipinski definition) is 4. The van der Waals surface area contributed by atoms with Crippen molar-refractivity contribution in [2.24, 2.45) is 0 Å². The van der Waals surface area contributed by atoms with Crippen LogP contribution in [0.3, 0.4) is 0 Å². The Morgan fingerprint density at radius 3 is 2.37 bits per heavy atom. The van der Waals surface area contributed by atoms with Crippen molar-refractivity contribution in [2.45, 2.75) is 12.5 Å². The van der Waals surface area contributed by atoms with E-state index in [-0.39, 0.29) is 18.8 Å². The van der Waals surface area contributed by atoms with Gasteiger partial charge in [-0.05, 0) is 24.3 Å². The Balaban J connectivity index is 2.71. The van der Waals surface area contributed by atoms with Crippen molar-refractivity contribution >= 4 is 17.7 Å². The highest BCUT2D eigenvalue weighted by Crippen LogP contribution is 2.17. The Bertz CT molecular complexity index is 446. The van der Waals surface area contributed by atoms with Gasteiger partial charge in [0.25, 0.3) is 0 Å². The topological polar surface area (TPSA) is 110 Å². The second-order valence-corrected chi connectivity index (χ2v) is 3.93. The monoisotopic (exact) mass is 268 g/mol. The first-order valence-electron chi connectivity index (χ1n) is 5.62. The highest BCUT2D eigenvalue weighted by atomic mass is 16.4. The molecule has 0 aliphatic heterocycles. The lowest BCUT2D eigenvalue weighted by atomic mass is 10.2. The fraction of sp³-hybridized carbons (Fsp3) is 0.333. The molecule has 0 fully saturated rings. The van der Waals surface area contributed by atoms with Gasteiger partial charge in [-0.3, -0.25) is 4.90 Å². The number of hydrogen-bond donors (Lipinski definition) is 4. The van der Waals surface area contributed by atoms with Crippen molar-refractivity contribution in [1.82, 2.24) is 5.32 Å². The van der Waals surface area contributed by atoms with Crippen LogP contribution in [0.1, 0.15) is 6.42 Å². The number of phenols is 1. The number of aliphatic carboxylic acids is 1. The maximum atomic E-state index is 11.8. The lowest BCUT2D eigenvalue weighted by molar-refractivity contribution is -0.139. The molecule has 0 aromatic heterocycles. The van der Waals surface area contributed by atoms with Crippen molar-refractivity contribution in [1.29, 1.82) is 0 Å². The van der Waals surface area contributed by atoms with E-state index in [1.807, 2.05) is 0 Å². The maximum absolute atomic E-state index is 11.8. The van der Waals surface area contributed by atoms with Crippen LogP contribution in [-0.2, 0) is 4.79 Å². The van der Waals surface area contributed by atoms with Crippen molar-refractivity contribution < 1.29 is 24.9 Å². The number of urea groups is 1. The Morgan fingerprint density at radius 1 is 1.32 bits per heavy atom. The Morgan fingerprint density at radius 2 is 1.89 bits per heavy atom. The number of aromatic hydroxyl groups is 1. The van der Waals surface area contributed by atoms with Crippen molar-refractivity contribution in [3.05, 3.63) is 24.3 Å². The van der Waals surface area contributed by atoms with Crippen molar-refractivity contribution in [3.63, 3.8) is 0 Å². The number of carbonyl (C=O) groups is 2. The smallest absolute Gasteiger partial charge is 0.326 e. The van der Waals surface area contributed by atoms with Crippen LogP contribution in [0, 0.1) is 0 Å². The van der Waals surface area contributed by atoms with Gasteiger partial charge in [-0.1, -0.05) is 0 Å². The van der Waals surface area contributed by atoms with Gasteiger partial charge < -0.3 is 20.6 Å². The van der Waals surface area contributed by atoms with Crippen LogP contribution in [0.2, 0.25) is 0 Å². The number of phenolic OH excluding ortho intramolecular Hbond substituents is 1. The first-order valence-corrected chi connectivity index (χ1v) is 5.62. The molecule has 1 aromatic carbocycles. The van der Waals surface area contributed by atoms with Gasteiger partial charge in [-0.2, -0.15) is 0 Å². The van der Waals surface area contributed by atoms with Gasteiger partial charge in [0.2, 0.25) is 0 Å². The Kier molecular flexibility index (Phi) is 5.13. The zero-order valence-corrected chi connectivity index (χ0v) is 10.4. The number of benzene rings is 1. The highest BCUT2D eigenvalue weighted by Gasteiger charge is 2.21. The van der Waals surface area contributed by atoms with Crippen molar-refractivity contribution in [2.75, 3.05) is 18.6 Å². The number of aliphatic hydroxyl groups is 1. The van der Waals surface area contributed by atoms with Gasteiger partial charge in [0.1, 0.15) is 11.8 Å². The van der Waals surface area contributed by atoms with E-state index >= 15 is 0 Å². The summed E-state index contributed by atoms with van der Waals surface area (Å²) in [5.74, 6) is -1.14. The first kappa shape index (κ1) is 14.8. The minimum atomic E-state index is -1.21. The number of carbonyl (C=O) groups excluding carboxylic acids is 1. The summed E-state index contributed by atoms with van der Waals surface area (Å²) < 4.78 is 0. The molecule has 0 radical (unpaired) electrons. The maximum Gasteiger partial charge on any atom is 0.326 e. The van der Waals surface area contributed by atoms with Crippen LogP contribution in [0.4, 0.5) is 10.5 Å². The number of aliphatic hydroxyl groups excluding tert-OH is 1. The number of amides is 2. The predicted octanol–water partition coefficient (Wildman–Crippen LogP) is 0.374. The normalized spacial score (nSPS) is 11.7. The fourth-order valence-corrected chi connectivity index (χ4v) is 1.43. The molecule has 1 atom stereocenters. The lowest BCUT2D eigenvalue weighted by Crippen LogP contribution is -2.47. The number of anilines is 1. The minimum Gasteiger partial charge on any atom is -0.508 e. The van der Waals surface area contributed by atoms with E-state index < -0.39 is 18.0 Å². The second kappa shape index (κ2) is 6.60. The van der Waals surface area contributed by atoms with Gasteiger partial charge >= 0.3 is 12.0 Å². The average Bonchev–Trinajstić information content (AvgIpc) is 2.38. The summed E-state index contributed by atoms with van der Waals surface area (Å²) in [6.07, 6.45) is -0.0650. The third-order valence-electron chi connectivity index (χ3n) is 2.56. The second-order valence-electron chi connectivity index (χ2n) is 3.93. The van der Waals surface area contributed by atoms with E-state index in [9.17, 15) is 9.59 Å². The number of rotatable bonds is 5. The zero-order valence-electron chi connectivity index (χ0n) is 10.4. The van der Waals surface area contributed by atoms with Gasteiger partial charge in [0.05, 0.1) is 0 Å². The van der Waals surface area contributed by atoms with Crippen LogP contribution in [-0.4, -0.2) is 47.0 Å². The van der Waals surface area contributed by atoms with Crippen LogP contribution >= 0.6 is 0 Å². The molecule has 0 spiro atoms. The standard InChI is InChI=1S/C12H16N2O5/c1-14(8-2-4-9(16)5-3-8)12(19)13-10(6-7-15)11(17)18/h2-5,10,15-16H,6-7H2,1H3,(H,13,19)(H,17,18). The van der Waals surface area contributed by atoms with Crippen LogP contribution in [0.25, 0.3) is 0 Å². The number of nitrogens with zero attached hydrogens (tertiary/aromatic N) is 1. The van der Waals surface area contributed by atoms with Crippen LogP contribution in [0.5, 0.6) is 5.75 Å². The molecule has 7 nitrogen and oxygen atoms in total. The zero-order chi connectivity index (χ0) is 14.4. The number of carboxylic acid groups (broad SMARTS) is 1. The molecule has 1 rings (SSSR count). The molecule has 0 saturated carbocycles. The van der Waals surface area contributed by atoms with Crippen molar-refractivity contribution in [3.8, 4) is 5.75 Å². The summed E-state index contributed by atoms with van der Waals surface area (Å²) in [6.45, 7) is -0.333. The summed E-state index contributed by atoms with van der Waals surface area (Å²) in [4.78, 5) is 23.9. The third-order valence-corrected chi connectivity index (χ3v) is 2.56. The number of nitrogens with one attached hydrogen (secondary N) is 1. The first-order chi connectivity index (χ1) is 8.95. The largest absolute Gasteiger partial charge is 0.508 e. The molecular weight excluding hydrogens is 252 g/mol. The summed E-state index contributed by atoms with van der Waals surface area (Å²) in [7, 11) is 1.47. The summed E-state index contributed by atoms with van der Waals surface area (Å²) >= 11 is 0. The molecule has 2 amide bonds. The molecule has 1 unspecified atom stereocenters. The van der Waals surface area contributed by atoms with E-state index in [4.69, 9.17) is 15.3 Å². The molecule has 4 N–H and O–H groups in total. The lowest BCUT2D eigenvalue weighted by Gasteiger charge is -2.21. The van der Waals surface area contributed by atoms with Gasteiger partial charge in [0.15, 0.2) is 0 Å². The summed E-state index contributed by atoms with van der Waals surface area (Å²) in [5, 5.41) is 29.0. The molecule has 0 bridgehead atoms. The van der Waals surface area contributed by atoms with Gasteiger partial charge in [-0.25, -0.2) is 9.59 Å². The SMILES string of the molecule is CN(C(=O)NC(CCO)C(=O)O)c1ccc(O)cc1. The van der Waals surface area contributed by atoms with Crippen LogP contribution < -0.4 is 10.2 Å². The summed E-state index contributed by atoms with van der Waals surface area (Å²) in [6, 6.07) is 4.14. The highest BCUT2D eigenvalue weighted by molar-refractivity contribution is 5.94. The molecule has 0 aliphatic rings. The molecule has 104 valence electrons. The molecule has 19 heavy (non-hydrogen) atoms. The Labute approximate surface area is 110 Å². The fourth-order valence-electron chi connectivity index (χ4n) is 1.43. The minimum absolute atomic E-state index is 0.0650. The summed E-state index contributed by atoms with van der Waals surface area (Å²) in [5.41, 5.74) is 0.503. The molecule has 0 aliphatic carbocycles. The molecular formula is C12H16N2O5. The molecule has 7 heteroatoms. The quantitative estimate of drug-likeness (QED) is 0.617. The van der Waals surface area contributed by atoms with E-state index in [1.54, 1.807) is 0 Å². The van der Waals surface area contributed by atoms with E-state index in [1.165, 1.54) is 36.2 Å². The van der Waals surface area contributed by atoms with E-state index in [0.29, 0.717) is 5.69 Å². The van der Waals surface area contributed by atoms with E-state index in [0.717, 1.165) is 0 Å². The average molecular weight is 268 g/mol. The predicted molar refractivity (Wildman–Crippen MR) is 68.2 cm³/mol. The Hall–Kier alpha value is -2.28. The third kappa shape index (κ3) is 4.14. The van der Waals surface area contributed by atoms with Gasteiger partial charge in [0, 0.05) is 25.8 Å². The van der Waals surface area contributed by atoms with Crippen LogP contribution in [0.15, 0.2) is 24.3 Å². The molecule has 0 heterocycles. The van der Waals surface area contributed by atoms with E-state index in [2.05, 4.69) is 5.32 Å². The molecule has 1 aromatic rings. The number of carboxylic acids is 1. The molecule has 0 saturated heterocycles. The van der Waals surface area contributed by atoms with Gasteiger partial charge in [-0.15, -0.1) is 0 Å².